The highest BCUT2D eigenvalue weighted by Gasteiger charge is 2.14. The maximum Gasteiger partial charge on any atom is 0.267 e. The van der Waals surface area contributed by atoms with E-state index in [1.807, 2.05) is 0 Å². The van der Waals surface area contributed by atoms with Crippen LogP contribution in [0.3, 0.4) is 0 Å². The quantitative estimate of drug-likeness (QED) is 0.897. The summed E-state index contributed by atoms with van der Waals surface area (Å²) in [7, 11) is 1.75. The van der Waals surface area contributed by atoms with Crippen LogP contribution in [0.4, 0.5) is 15.2 Å². The molecule has 0 spiro atoms. The normalized spacial score (nSPS) is 10.2. The largest absolute Gasteiger partial charge is 0.365 e. The molecule has 6 heteroatoms. The third-order valence-corrected chi connectivity index (χ3v) is 3.49. The second-order valence-corrected chi connectivity index (χ2v) is 4.64. The van der Waals surface area contributed by atoms with Gasteiger partial charge in [0.1, 0.15) is 10.7 Å². The Morgan fingerprint density at radius 2 is 2.00 bits per heavy atom. The highest BCUT2D eigenvalue weighted by molar-refractivity contribution is 7.17. The summed E-state index contributed by atoms with van der Waals surface area (Å²) in [5, 5.41) is 6.28. The lowest BCUT2D eigenvalue weighted by Crippen LogP contribution is -2.11. The van der Waals surface area contributed by atoms with Crippen LogP contribution >= 0.6 is 11.3 Å². The minimum absolute atomic E-state index is 0.238. The molecule has 1 heterocycles. The monoisotopic (exact) mass is 265 g/mol. The predicted octanol–water partition coefficient (Wildman–Crippen LogP) is 2.88. The molecule has 0 radical (unpaired) electrons. The summed E-state index contributed by atoms with van der Waals surface area (Å²) < 4.78 is 12.7. The lowest BCUT2D eigenvalue weighted by atomic mass is 10.3. The molecule has 18 heavy (non-hydrogen) atoms. The van der Waals surface area contributed by atoms with E-state index in [-0.39, 0.29) is 11.7 Å². The van der Waals surface area contributed by atoms with Gasteiger partial charge in [-0.15, -0.1) is 0 Å². The van der Waals surface area contributed by atoms with Crippen LogP contribution in [0.5, 0.6) is 0 Å². The van der Waals surface area contributed by atoms with Crippen molar-refractivity contribution in [1.82, 2.24) is 4.98 Å². The Kier molecular flexibility index (Phi) is 3.57. The van der Waals surface area contributed by atoms with Gasteiger partial charge in [-0.05, 0) is 31.2 Å². The Morgan fingerprint density at radius 1 is 1.33 bits per heavy atom. The summed E-state index contributed by atoms with van der Waals surface area (Å²) in [4.78, 5) is 16.7. The highest BCUT2D eigenvalue weighted by atomic mass is 32.1. The van der Waals surface area contributed by atoms with Crippen molar-refractivity contribution in [1.29, 1.82) is 0 Å². The third-order valence-electron chi connectivity index (χ3n) is 2.32. The number of rotatable bonds is 3. The molecule has 4 nitrogen and oxygen atoms in total. The van der Waals surface area contributed by atoms with Crippen molar-refractivity contribution >= 4 is 28.1 Å². The Labute approximate surface area is 108 Å². The van der Waals surface area contributed by atoms with Crippen LogP contribution in [0.15, 0.2) is 24.3 Å². The standard InChI is InChI=1S/C12H12FN3OS/c1-7-10(18-12(14-2)15-7)11(17)16-9-5-3-8(13)4-6-9/h3-6H,1-2H3,(H,14,15)(H,16,17). The number of aryl methyl sites for hydroxylation is 1. The van der Waals surface area contributed by atoms with Gasteiger partial charge in [0.05, 0.1) is 5.69 Å². The smallest absolute Gasteiger partial charge is 0.267 e. The highest BCUT2D eigenvalue weighted by Crippen LogP contribution is 2.23. The molecular formula is C12H12FN3OS. The van der Waals surface area contributed by atoms with Gasteiger partial charge in [0.25, 0.3) is 5.91 Å². The number of benzene rings is 1. The van der Waals surface area contributed by atoms with Crippen LogP contribution in [0, 0.1) is 12.7 Å². The molecule has 0 saturated heterocycles. The molecule has 0 bridgehead atoms. The van der Waals surface area contributed by atoms with Gasteiger partial charge in [0, 0.05) is 12.7 Å². The maximum absolute atomic E-state index is 12.7. The number of nitrogens with one attached hydrogen (secondary N) is 2. The zero-order chi connectivity index (χ0) is 13.1. The Bertz CT molecular complexity index is 565. The summed E-state index contributed by atoms with van der Waals surface area (Å²) in [6.45, 7) is 1.77. The van der Waals surface area contributed by atoms with Gasteiger partial charge >= 0.3 is 0 Å². The Balaban J connectivity index is 2.16. The lowest BCUT2D eigenvalue weighted by molar-refractivity contribution is 0.103. The first-order valence-electron chi connectivity index (χ1n) is 5.32. The zero-order valence-corrected chi connectivity index (χ0v) is 10.8. The van der Waals surface area contributed by atoms with E-state index in [9.17, 15) is 9.18 Å². The number of thiazole rings is 1. The van der Waals surface area contributed by atoms with E-state index in [4.69, 9.17) is 0 Å². The number of hydrogen-bond acceptors (Lipinski definition) is 4. The van der Waals surface area contributed by atoms with Gasteiger partial charge in [-0.1, -0.05) is 11.3 Å². The number of amides is 1. The number of aromatic nitrogens is 1. The van der Waals surface area contributed by atoms with Crippen LogP contribution in [-0.2, 0) is 0 Å². The fourth-order valence-electron chi connectivity index (χ4n) is 1.44. The number of nitrogens with zero attached hydrogens (tertiary/aromatic N) is 1. The predicted molar refractivity (Wildman–Crippen MR) is 70.8 cm³/mol. The van der Waals surface area contributed by atoms with Crippen LogP contribution in [0.25, 0.3) is 0 Å². The summed E-state index contributed by atoms with van der Waals surface area (Å²) in [6.07, 6.45) is 0. The molecule has 1 aromatic carbocycles. The van der Waals surface area contributed by atoms with Crippen LogP contribution in [-0.4, -0.2) is 17.9 Å². The summed E-state index contributed by atoms with van der Waals surface area (Å²) in [5.41, 5.74) is 1.23. The van der Waals surface area contributed by atoms with Crippen molar-refractivity contribution in [2.75, 3.05) is 17.7 Å². The molecule has 0 aliphatic rings. The van der Waals surface area contributed by atoms with Crippen LogP contribution in [0.2, 0.25) is 0 Å². The molecule has 94 valence electrons. The minimum atomic E-state index is -0.334. The van der Waals surface area contributed by atoms with Crippen LogP contribution in [0.1, 0.15) is 15.4 Å². The van der Waals surface area contributed by atoms with E-state index in [1.165, 1.54) is 35.6 Å². The van der Waals surface area contributed by atoms with E-state index in [0.717, 1.165) is 0 Å². The number of halogens is 1. The van der Waals surface area contributed by atoms with E-state index < -0.39 is 0 Å². The van der Waals surface area contributed by atoms with Crippen molar-refractivity contribution < 1.29 is 9.18 Å². The second kappa shape index (κ2) is 5.14. The molecule has 1 aromatic heterocycles. The fourth-order valence-corrected chi connectivity index (χ4v) is 2.25. The number of carbonyl (C=O) groups excluding carboxylic acids is 1. The number of carbonyl (C=O) groups is 1. The lowest BCUT2D eigenvalue weighted by Gasteiger charge is -2.03. The van der Waals surface area contributed by atoms with Crippen molar-refractivity contribution in [3.63, 3.8) is 0 Å². The van der Waals surface area contributed by atoms with Gasteiger partial charge in [-0.25, -0.2) is 9.37 Å². The maximum atomic E-state index is 12.7. The van der Waals surface area contributed by atoms with Gasteiger partial charge < -0.3 is 10.6 Å². The first kappa shape index (κ1) is 12.5. The summed E-state index contributed by atoms with van der Waals surface area (Å²) in [6, 6.07) is 5.63. The molecule has 0 fully saturated rings. The molecule has 0 atom stereocenters. The van der Waals surface area contributed by atoms with Crippen molar-refractivity contribution in [3.8, 4) is 0 Å². The molecule has 1 amide bonds. The van der Waals surface area contributed by atoms with Gasteiger partial charge in [-0.3, -0.25) is 4.79 Å². The van der Waals surface area contributed by atoms with Gasteiger partial charge in [0.15, 0.2) is 5.13 Å². The molecule has 2 rings (SSSR count). The molecule has 2 aromatic rings. The third kappa shape index (κ3) is 2.65. The number of anilines is 2. The number of hydrogen-bond donors (Lipinski definition) is 2. The minimum Gasteiger partial charge on any atom is -0.365 e. The molecular weight excluding hydrogens is 253 g/mol. The molecule has 0 saturated carbocycles. The Morgan fingerprint density at radius 3 is 2.56 bits per heavy atom. The zero-order valence-electron chi connectivity index (χ0n) is 9.95. The van der Waals surface area contributed by atoms with Crippen molar-refractivity contribution in [3.05, 3.63) is 40.7 Å². The van der Waals surface area contributed by atoms with Crippen molar-refractivity contribution in [2.45, 2.75) is 6.92 Å². The first-order chi connectivity index (χ1) is 8.60. The van der Waals surface area contributed by atoms with E-state index >= 15 is 0 Å². The molecule has 0 unspecified atom stereocenters. The second-order valence-electron chi connectivity index (χ2n) is 3.64. The average Bonchev–Trinajstić information content (AvgIpc) is 2.73. The topological polar surface area (TPSA) is 54.0 Å². The van der Waals surface area contributed by atoms with Gasteiger partial charge in [0.2, 0.25) is 0 Å². The SMILES string of the molecule is CNc1nc(C)c(C(=O)Nc2ccc(F)cc2)s1. The Hall–Kier alpha value is -1.95. The fraction of sp³-hybridized carbons (Fsp3) is 0.167. The summed E-state index contributed by atoms with van der Waals surface area (Å²) in [5.74, 6) is -0.572. The molecule has 0 aliphatic carbocycles. The van der Waals surface area contributed by atoms with Crippen LogP contribution < -0.4 is 10.6 Å². The van der Waals surface area contributed by atoms with E-state index in [2.05, 4.69) is 15.6 Å². The van der Waals surface area contributed by atoms with Crippen molar-refractivity contribution in [2.24, 2.45) is 0 Å². The molecule has 2 N–H and O–H groups in total. The molecule has 0 aliphatic heterocycles. The average molecular weight is 265 g/mol. The first-order valence-corrected chi connectivity index (χ1v) is 6.14. The summed E-state index contributed by atoms with van der Waals surface area (Å²) >= 11 is 1.28. The van der Waals surface area contributed by atoms with E-state index in [0.29, 0.717) is 21.4 Å². The van der Waals surface area contributed by atoms with Gasteiger partial charge in [-0.2, -0.15) is 0 Å². The van der Waals surface area contributed by atoms with E-state index in [1.54, 1.807) is 14.0 Å².